The summed E-state index contributed by atoms with van der Waals surface area (Å²) in [7, 11) is 0. The van der Waals surface area contributed by atoms with Gasteiger partial charge in [-0.25, -0.2) is 0 Å². The number of rotatable bonds is 6. The van der Waals surface area contributed by atoms with Crippen molar-refractivity contribution in [3.05, 3.63) is 15.9 Å². The van der Waals surface area contributed by atoms with Gasteiger partial charge in [0.15, 0.2) is 0 Å². The number of aryl methyl sites for hydroxylation is 2. The fraction of sp³-hybridized carbons (Fsp3) is 0.733. The van der Waals surface area contributed by atoms with Gasteiger partial charge in [-0.2, -0.15) is 5.10 Å². The van der Waals surface area contributed by atoms with Crippen LogP contribution >= 0.6 is 15.9 Å². The van der Waals surface area contributed by atoms with Gasteiger partial charge in [0.05, 0.1) is 10.2 Å². The van der Waals surface area contributed by atoms with Gasteiger partial charge in [-0.05, 0) is 61.5 Å². The summed E-state index contributed by atoms with van der Waals surface area (Å²) in [5.74, 6) is -0.543. The monoisotopic (exact) mass is 357 g/mol. The minimum Gasteiger partial charge on any atom is -0.480 e. The Kier molecular flexibility index (Phi) is 5.09. The van der Waals surface area contributed by atoms with Crippen LogP contribution in [-0.4, -0.2) is 32.9 Å². The Morgan fingerprint density at radius 1 is 1.57 bits per heavy atom. The Balaban J connectivity index is 2.11. The number of aliphatic carboxylic acids is 1. The SMILES string of the molecule is CCNC1(C(=O)O)CCCC1CCn1nc(C)c(Br)c1C. The van der Waals surface area contributed by atoms with Crippen LogP contribution < -0.4 is 5.32 Å². The van der Waals surface area contributed by atoms with Gasteiger partial charge in [0, 0.05) is 12.2 Å². The van der Waals surface area contributed by atoms with E-state index in [4.69, 9.17) is 0 Å². The zero-order valence-electron chi connectivity index (χ0n) is 12.9. The van der Waals surface area contributed by atoms with Crippen molar-refractivity contribution < 1.29 is 9.90 Å². The first-order chi connectivity index (χ1) is 9.92. The fourth-order valence-electron chi connectivity index (χ4n) is 3.54. The van der Waals surface area contributed by atoms with E-state index >= 15 is 0 Å². The summed E-state index contributed by atoms with van der Waals surface area (Å²) < 4.78 is 3.03. The molecule has 1 aromatic heterocycles. The highest BCUT2D eigenvalue weighted by molar-refractivity contribution is 9.10. The molecule has 0 aromatic carbocycles. The molecule has 6 heteroatoms. The van der Waals surface area contributed by atoms with Crippen LogP contribution in [0.1, 0.15) is 44.0 Å². The van der Waals surface area contributed by atoms with Gasteiger partial charge in [-0.3, -0.25) is 9.48 Å². The van der Waals surface area contributed by atoms with Gasteiger partial charge < -0.3 is 10.4 Å². The molecule has 0 saturated heterocycles. The fourth-order valence-corrected chi connectivity index (χ4v) is 3.83. The molecule has 1 aromatic rings. The lowest BCUT2D eigenvalue weighted by atomic mass is 9.84. The minimum absolute atomic E-state index is 0.164. The molecule has 2 atom stereocenters. The molecule has 0 aliphatic heterocycles. The van der Waals surface area contributed by atoms with E-state index in [0.717, 1.165) is 48.1 Å². The summed E-state index contributed by atoms with van der Waals surface area (Å²) >= 11 is 3.53. The van der Waals surface area contributed by atoms with E-state index in [-0.39, 0.29) is 5.92 Å². The van der Waals surface area contributed by atoms with Gasteiger partial charge >= 0.3 is 5.97 Å². The zero-order chi connectivity index (χ0) is 15.6. The third kappa shape index (κ3) is 3.01. The van der Waals surface area contributed by atoms with E-state index in [1.807, 2.05) is 25.5 Å². The number of likely N-dealkylation sites (N-methyl/N-ethyl adjacent to an activating group) is 1. The van der Waals surface area contributed by atoms with Crippen molar-refractivity contribution in [3.63, 3.8) is 0 Å². The van der Waals surface area contributed by atoms with Crippen LogP contribution in [-0.2, 0) is 11.3 Å². The molecule has 0 spiro atoms. The van der Waals surface area contributed by atoms with E-state index in [9.17, 15) is 9.90 Å². The van der Waals surface area contributed by atoms with Crippen LogP contribution in [0, 0.1) is 19.8 Å². The molecule has 1 heterocycles. The maximum Gasteiger partial charge on any atom is 0.324 e. The van der Waals surface area contributed by atoms with E-state index in [2.05, 4.69) is 26.3 Å². The largest absolute Gasteiger partial charge is 0.480 e. The van der Waals surface area contributed by atoms with Crippen molar-refractivity contribution in [3.8, 4) is 0 Å². The summed E-state index contributed by atoms with van der Waals surface area (Å²) in [6, 6.07) is 0. The van der Waals surface area contributed by atoms with Gasteiger partial charge in [0.2, 0.25) is 0 Å². The molecule has 1 aliphatic rings. The smallest absolute Gasteiger partial charge is 0.324 e. The third-order valence-electron chi connectivity index (χ3n) is 4.68. The number of nitrogens with zero attached hydrogens (tertiary/aromatic N) is 2. The Hall–Kier alpha value is -0.880. The molecule has 5 nitrogen and oxygen atoms in total. The number of hydrogen-bond donors (Lipinski definition) is 2. The van der Waals surface area contributed by atoms with Crippen molar-refractivity contribution in [1.82, 2.24) is 15.1 Å². The van der Waals surface area contributed by atoms with Crippen LogP contribution in [0.25, 0.3) is 0 Å². The molecule has 2 N–H and O–H groups in total. The zero-order valence-corrected chi connectivity index (χ0v) is 14.5. The molecule has 118 valence electrons. The molecular formula is C15H24BrN3O2. The first-order valence-electron chi connectivity index (χ1n) is 7.60. The average Bonchev–Trinajstić information content (AvgIpc) is 2.95. The summed E-state index contributed by atoms with van der Waals surface area (Å²) in [4.78, 5) is 11.8. The molecule has 1 saturated carbocycles. The molecule has 2 rings (SSSR count). The lowest BCUT2D eigenvalue weighted by Gasteiger charge is -2.32. The normalized spacial score (nSPS) is 25.4. The second-order valence-corrected chi connectivity index (χ2v) is 6.69. The number of carboxylic acid groups (broad SMARTS) is 1. The lowest BCUT2D eigenvalue weighted by Crippen LogP contribution is -2.54. The van der Waals surface area contributed by atoms with Crippen molar-refractivity contribution in [1.29, 1.82) is 0 Å². The molecule has 0 bridgehead atoms. The summed E-state index contributed by atoms with van der Waals surface area (Å²) in [5.41, 5.74) is 1.34. The second-order valence-electron chi connectivity index (χ2n) is 5.89. The first-order valence-corrected chi connectivity index (χ1v) is 8.39. The number of carbonyl (C=O) groups is 1. The molecule has 1 fully saturated rings. The first kappa shape index (κ1) is 16.5. The molecule has 0 amide bonds. The number of nitrogens with one attached hydrogen (secondary N) is 1. The molecule has 2 unspecified atom stereocenters. The Bertz CT molecular complexity index is 529. The second kappa shape index (κ2) is 6.48. The number of aromatic nitrogens is 2. The van der Waals surface area contributed by atoms with E-state index < -0.39 is 11.5 Å². The highest BCUT2D eigenvalue weighted by Gasteiger charge is 2.48. The van der Waals surface area contributed by atoms with E-state index in [1.54, 1.807) is 0 Å². The van der Waals surface area contributed by atoms with Crippen LogP contribution in [0.2, 0.25) is 0 Å². The number of halogens is 1. The van der Waals surface area contributed by atoms with Crippen molar-refractivity contribution in [2.24, 2.45) is 5.92 Å². The highest BCUT2D eigenvalue weighted by atomic mass is 79.9. The Labute approximate surface area is 134 Å². The standard InChI is InChI=1S/C15H24BrN3O2/c1-4-17-15(14(20)21)8-5-6-12(15)7-9-19-11(3)13(16)10(2)18-19/h12,17H,4-9H2,1-3H3,(H,20,21). The molecule has 1 aliphatic carbocycles. The van der Waals surface area contributed by atoms with Crippen molar-refractivity contribution in [2.45, 2.75) is 58.5 Å². The lowest BCUT2D eigenvalue weighted by molar-refractivity contribution is -0.146. The average molecular weight is 358 g/mol. The van der Waals surface area contributed by atoms with Crippen LogP contribution in [0.5, 0.6) is 0 Å². The van der Waals surface area contributed by atoms with Crippen LogP contribution in [0.15, 0.2) is 4.47 Å². The Morgan fingerprint density at radius 2 is 2.29 bits per heavy atom. The van der Waals surface area contributed by atoms with Crippen molar-refractivity contribution >= 4 is 21.9 Å². The summed E-state index contributed by atoms with van der Waals surface area (Å²) in [5, 5.41) is 17.4. The van der Waals surface area contributed by atoms with Gasteiger partial charge in [-0.15, -0.1) is 0 Å². The number of carboxylic acids is 1. The minimum atomic E-state index is -0.748. The van der Waals surface area contributed by atoms with Crippen molar-refractivity contribution in [2.75, 3.05) is 6.54 Å². The predicted molar refractivity (Wildman–Crippen MR) is 85.4 cm³/mol. The maximum absolute atomic E-state index is 11.8. The molecule has 21 heavy (non-hydrogen) atoms. The van der Waals surface area contributed by atoms with Crippen LogP contribution in [0.4, 0.5) is 0 Å². The van der Waals surface area contributed by atoms with E-state index in [1.165, 1.54) is 0 Å². The highest BCUT2D eigenvalue weighted by Crippen LogP contribution is 2.38. The van der Waals surface area contributed by atoms with Gasteiger partial charge in [0.25, 0.3) is 0 Å². The Morgan fingerprint density at radius 3 is 2.81 bits per heavy atom. The van der Waals surface area contributed by atoms with Gasteiger partial charge in [-0.1, -0.05) is 13.3 Å². The molecular weight excluding hydrogens is 334 g/mol. The molecule has 0 radical (unpaired) electrons. The quantitative estimate of drug-likeness (QED) is 0.821. The van der Waals surface area contributed by atoms with Crippen LogP contribution in [0.3, 0.4) is 0 Å². The summed E-state index contributed by atoms with van der Waals surface area (Å²) in [6.45, 7) is 7.44. The predicted octanol–water partition coefficient (Wildman–Crippen LogP) is 2.89. The van der Waals surface area contributed by atoms with Gasteiger partial charge in [0.1, 0.15) is 5.54 Å². The number of hydrogen-bond acceptors (Lipinski definition) is 3. The third-order valence-corrected chi connectivity index (χ3v) is 5.82. The summed E-state index contributed by atoms with van der Waals surface area (Å²) in [6.07, 6.45) is 3.51. The van der Waals surface area contributed by atoms with E-state index in [0.29, 0.717) is 6.54 Å². The maximum atomic E-state index is 11.8. The topological polar surface area (TPSA) is 67.2 Å².